The molecular weight excluding hydrogens is 306 g/mol. The van der Waals surface area contributed by atoms with Gasteiger partial charge in [0.25, 0.3) is 0 Å². The highest BCUT2D eigenvalue weighted by atomic mass is 16.5. The Kier molecular flexibility index (Phi) is 6.63. The number of hydrogen-bond acceptors (Lipinski definition) is 4. The van der Waals surface area contributed by atoms with E-state index >= 15 is 0 Å². The molecule has 1 unspecified atom stereocenters. The molecule has 0 aromatic carbocycles. The minimum absolute atomic E-state index is 0.224. The molecule has 7 heteroatoms. The molecule has 0 bridgehead atoms. The zero-order chi connectivity index (χ0) is 17.5. The fraction of sp³-hybridized carbons (Fsp3) is 0.706. The van der Waals surface area contributed by atoms with Gasteiger partial charge >= 0.3 is 0 Å². The van der Waals surface area contributed by atoms with Crippen molar-refractivity contribution >= 4 is 11.9 Å². The number of aryl methyl sites for hydroxylation is 2. The van der Waals surface area contributed by atoms with Crippen LogP contribution in [0.15, 0.2) is 9.52 Å². The number of amides is 1. The number of aromatic nitrogens is 1. The zero-order valence-corrected chi connectivity index (χ0v) is 15.2. The molecule has 1 aromatic heterocycles. The van der Waals surface area contributed by atoms with Crippen LogP contribution in [0, 0.1) is 13.8 Å². The Labute approximate surface area is 143 Å². The number of rotatable bonds is 6. The lowest BCUT2D eigenvalue weighted by Gasteiger charge is -2.18. The summed E-state index contributed by atoms with van der Waals surface area (Å²) in [7, 11) is 1.77. The third-order valence-electron chi connectivity index (χ3n) is 4.49. The Morgan fingerprint density at radius 2 is 2.25 bits per heavy atom. The average molecular weight is 335 g/mol. The van der Waals surface area contributed by atoms with E-state index in [-0.39, 0.29) is 11.9 Å². The van der Waals surface area contributed by atoms with E-state index in [9.17, 15) is 4.79 Å². The predicted octanol–water partition coefficient (Wildman–Crippen LogP) is 1.40. The van der Waals surface area contributed by atoms with Crippen LogP contribution in [0.2, 0.25) is 0 Å². The second kappa shape index (κ2) is 8.70. The average Bonchev–Trinajstić information content (AvgIpc) is 3.17. The lowest BCUT2D eigenvalue weighted by Crippen LogP contribution is -2.45. The van der Waals surface area contributed by atoms with E-state index in [1.165, 1.54) is 5.56 Å². The Bertz CT molecular complexity index is 562. The van der Waals surface area contributed by atoms with Gasteiger partial charge in [-0.25, -0.2) is 0 Å². The molecule has 0 spiro atoms. The maximum Gasteiger partial charge on any atom is 0.222 e. The second-order valence-electron chi connectivity index (χ2n) is 6.23. The van der Waals surface area contributed by atoms with Crippen LogP contribution in [0.25, 0.3) is 0 Å². The summed E-state index contributed by atoms with van der Waals surface area (Å²) in [6.45, 7) is 8.24. The maximum absolute atomic E-state index is 11.7. The summed E-state index contributed by atoms with van der Waals surface area (Å²) in [4.78, 5) is 17.9. The van der Waals surface area contributed by atoms with Gasteiger partial charge in [0.2, 0.25) is 5.91 Å². The monoisotopic (exact) mass is 335 g/mol. The highest BCUT2D eigenvalue weighted by Gasteiger charge is 2.25. The second-order valence-corrected chi connectivity index (χ2v) is 6.23. The standard InChI is InChI=1S/C17H29N5O2/c1-5-16(23)22-10-8-14(11-22)20-17(18-4)19-9-6-7-15-12(2)21-24-13(15)3/h14H,5-11H2,1-4H3,(H2,18,19,20). The van der Waals surface area contributed by atoms with Gasteiger partial charge in [0.15, 0.2) is 5.96 Å². The molecule has 1 aromatic rings. The Balaban J connectivity index is 1.71. The van der Waals surface area contributed by atoms with Gasteiger partial charge in [-0.2, -0.15) is 0 Å². The lowest BCUT2D eigenvalue weighted by atomic mass is 10.1. The molecule has 24 heavy (non-hydrogen) atoms. The van der Waals surface area contributed by atoms with Gasteiger partial charge < -0.3 is 20.1 Å². The summed E-state index contributed by atoms with van der Waals surface area (Å²) in [5.74, 6) is 1.92. The van der Waals surface area contributed by atoms with Crippen LogP contribution < -0.4 is 10.6 Å². The normalized spacial score (nSPS) is 18.1. The highest BCUT2D eigenvalue weighted by Crippen LogP contribution is 2.14. The molecule has 0 aliphatic carbocycles. The van der Waals surface area contributed by atoms with Crippen LogP contribution in [-0.4, -0.2) is 54.6 Å². The summed E-state index contributed by atoms with van der Waals surface area (Å²) in [6.07, 6.45) is 3.45. The lowest BCUT2D eigenvalue weighted by molar-refractivity contribution is -0.129. The number of hydrogen-bond donors (Lipinski definition) is 2. The first kappa shape index (κ1) is 18.3. The number of guanidine groups is 1. The molecule has 1 atom stereocenters. The Hall–Kier alpha value is -2.05. The molecule has 1 fully saturated rings. The summed E-state index contributed by atoms with van der Waals surface area (Å²) in [6, 6.07) is 0.272. The van der Waals surface area contributed by atoms with Gasteiger partial charge in [0, 0.05) is 44.7 Å². The summed E-state index contributed by atoms with van der Waals surface area (Å²) in [5, 5.41) is 10.7. The van der Waals surface area contributed by atoms with E-state index in [2.05, 4.69) is 20.8 Å². The molecule has 2 rings (SSSR count). The topological polar surface area (TPSA) is 82.8 Å². The van der Waals surface area contributed by atoms with Crippen LogP contribution in [0.1, 0.15) is 43.2 Å². The molecule has 7 nitrogen and oxygen atoms in total. The van der Waals surface area contributed by atoms with E-state index in [4.69, 9.17) is 4.52 Å². The van der Waals surface area contributed by atoms with Gasteiger partial charge in [-0.1, -0.05) is 12.1 Å². The smallest absolute Gasteiger partial charge is 0.222 e. The molecule has 1 aliphatic rings. The molecule has 1 amide bonds. The number of nitrogens with one attached hydrogen (secondary N) is 2. The molecule has 2 N–H and O–H groups in total. The molecular formula is C17H29N5O2. The SMILES string of the molecule is CCC(=O)N1CCC(NC(=NC)NCCCc2c(C)noc2C)C1. The third-order valence-corrected chi connectivity index (χ3v) is 4.49. The van der Waals surface area contributed by atoms with Crippen molar-refractivity contribution in [1.29, 1.82) is 0 Å². The van der Waals surface area contributed by atoms with Crippen molar-refractivity contribution in [1.82, 2.24) is 20.7 Å². The Morgan fingerprint density at radius 1 is 1.46 bits per heavy atom. The van der Waals surface area contributed by atoms with Gasteiger partial charge in [0.1, 0.15) is 5.76 Å². The summed E-state index contributed by atoms with van der Waals surface area (Å²) < 4.78 is 5.18. The fourth-order valence-corrected chi connectivity index (χ4v) is 3.05. The summed E-state index contributed by atoms with van der Waals surface area (Å²) in [5.41, 5.74) is 2.17. The first-order chi connectivity index (χ1) is 11.5. The quantitative estimate of drug-likeness (QED) is 0.466. The minimum Gasteiger partial charge on any atom is -0.361 e. The van der Waals surface area contributed by atoms with Crippen LogP contribution in [0.4, 0.5) is 0 Å². The van der Waals surface area contributed by atoms with Crippen molar-refractivity contribution in [2.24, 2.45) is 4.99 Å². The van der Waals surface area contributed by atoms with Gasteiger partial charge in [-0.15, -0.1) is 0 Å². The van der Waals surface area contributed by atoms with Crippen molar-refractivity contribution in [2.75, 3.05) is 26.7 Å². The number of nitrogens with zero attached hydrogens (tertiary/aromatic N) is 3. The molecule has 2 heterocycles. The van der Waals surface area contributed by atoms with Crippen LogP contribution in [-0.2, 0) is 11.2 Å². The minimum atomic E-state index is 0.224. The van der Waals surface area contributed by atoms with E-state index in [0.29, 0.717) is 6.42 Å². The number of aliphatic imine (C=N–C) groups is 1. The van der Waals surface area contributed by atoms with Gasteiger partial charge in [0.05, 0.1) is 5.69 Å². The highest BCUT2D eigenvalue weighted by molar-refractivity contribution is 5.80. The van der Waals surface area contributed by atoms with Crippen molar-refractivity contribution in [3.05, 3.63) is 17.0 Å². The first-order valence-electron chi connectivity index (χ1n) is 8.71. The first-order valence-corrected chi connectivity index (χ1v) is 8.71. The number of carbonyl (C=O) groups is 1. The van der Waals surface area contributed by atoms with E-state index in [0.717, 1.165) is 56.3 Å². The molecule has 0 radical (unpaired) electrons. The Morgan fingerprint density at radius 3 is 2.88 bits per heavy atom. The van der Waals surface area contributed by atoms with Crippen LogP contribution in [0.3, 0.4) is 0 Å². The summed E-state index contributed by atoms with van der Waals surface area (Å²) >= 11 is 0. The van der Waals surface area contributed by atoms with E-state index in [1.54, 1.807) is 7.05 Å². The van der Waals surface area contributed by atoms with E-state index < -0.39 is 0 Å². The maximum atomic E-state index is 11.7. The van der Waals surface area contributed by atoms with Crippen LogP contribution >= 0.6 is 0 Å². The van der Waals surface area contributed by atoms with Crippen molar-refractivity contribution in [3.8, 4) is 0 Å². The molecule has 1 saturated heterocycles. The number of likely N-dealkylation sites (tertiary alicyclic amines) is 1. The van der Waals surface area contributed by atoms with Gasteiger partial charge in [-0.3, -0.25) is 9.79 Å². The van der Waals surface area contributed by atoms with E-state index in [1.807, 2.05) is 25.7 Å². The van der Waals surface area contributed by atoms with Crippen molar-refractivity contribution in [3.63, 3.8) is 0 Å². The predicted molar refractivity (Wildman–Crippen MR) is 94.1 cm³/mol. The molecule has 134 valence electrons. The fourth-order valence-electron chi connectivity index (χ4n) is 3.05. The third kappa shape index (κ3) is 4.72. The number of carbonyl (C=O) groups excluding carboxylic acids is 1. The largest absolute Gasteiger partial charge is 0.361 e. The van der Waals surface area contributed by atoms with Crippen LogP contribution in [0.5, 0.6) is 0 Å². The van der Waals surface area contributed by atoms with Gasteiger partial charge in [-0.05, 0) is 33.1 Å². The zero-order valence-electron chi connectivity index (χ0n) is 15.2. The molecule has 1 aliphatic heterocycles. The van der Waals surface area contributed by atoms with Crippen molar-refractivity contribution < 1.29 is 9.32 Å². The molecule has 0 saturated carbocycles. The van der Waals surface area contributed by atoms with Crippen molar-refractivity contribution in [2.45, 2.75) is 52.5 Å².